The number of carbonyl (C=O) groups is 1. The van der Waals surface area contributed by atoms with E-state index < -0.39 is 5.97 Å². The molecule has 6 nitrogen and oxygen atoms in total. The van der Waals surface area contributed by atoms with Crippen molar-refractivity contribution < 1.29 is 14.6 Å². The van der Waals surface area contributed by atoms with Crippen molar-refractivity contribution >= 4 is 5.97 Å². The molecular formula is C14H17N3O3. The van der Waals surface area contributed by atoms with Gasteiger partial charge < -0.3 is 9.84 Å². The Bertz CT molecular complexity index is 635. The van der Waals surface area contributed by atoms with Gasteiger partial charge in [-0.15, -0.1) is 0 Å². The van der Waals surface area contributed by atoms with Gasteiger partial charge in [-0.05, 0) is 19.9 Å². The van der Waals surface area contributed by atoms with Crippen LogP contribution in [0.25, 0.3) is 11.1 Å². The molecule has 2 rings (SSSR count). The molecule has 0 aliphatic carbocycles. The summed E-state index contributed by atoms with van der Waals surface area (Å²) in [5, 5.41) is 13.5. The zero-order valence-corrected chi connectivity index (χ0v) is 11.8. The molecule has 0 spiro atoms. The third kappa shape index (κ3) is 2.70. The van der Waals surface area contributed by atoms with Gasteiger partial charge in [0.15, 0.2) is 0 Å². The van der Waals surface area contributed by atoms with Gasteiger partial charge in [-0.25, -0.2) is 4.79 Å². The third-order valence-corrected chi connectivity index (χ3v) is 3.16. The van der Waals surface area contributed by atoms with Gasteiger partial charge in [0.25, 0.3) is 0 Å². The molecule has 0 saturated heterocycles. The standard InChI is InChI=1S/C14H17N3O3/c1-9-13(10(2)17(16-9)4-5-20-3)11-6-12(14(18)19)8-15-7-11/h6-8H,4-5H2,1-3H3,(H,18,19). The van der Waals surface area contributed by atoms with Crippen LogP contribution in [0.2, 0.25) is 0 Å². The Morgan fingerprint density at radius 2 is 2.15 bits per heavy atom. The number of carboxylic acid groups (broad SMARTS) is 1. The number of carboxylic acids is 1. The molecule has 0 bridgehead atoms. The van der Waals surface area contributed by atoms with Crippen LogP contribution in [0.3, 0.4) is 0 Å². The highest BCUT2D eigenvalue weighted by Crippen LogP contribution is 2.26. The van der Waals surface area contributed by atoms with E-state index in [1.54, 1.807) is 19.4 Å². The molecule has 0 amide bonds. The van der Waals surface area contributed by atoms with Crippen molar-refractivity contribution in [2.45, 2.75) is 20.4 Å². The number of aromatic carboxylic acids is 1. The fraction of sp³-hybridized carbons (Fsp3) is 0.357. The molecule has 0 radical (unpaired) electrons. The summed E-state index contributed by atoms with van der Waals surface area (Å²) in [5.74, 6) is -0.985. The summed E-state index contributed by atoms with van der Waals surface area (Å²) in [5.41, 5.74) is 3.69. The lowest BCUT2D eigenvalue weighted by molar-refractivity contribution is 0.0696. The Morgan fingerprint density at radius 3 is 2.80 bits per heavy atom. The third-order valence-electron chi connectivity index (χ3n) is 3.16. The van der Waals surface area contributed by atoms with E-state index in [9.17, 15) is 4.79 Å². The monoisotopic (exact) mass is 275 g/mol. The molecule has 0 unspecified atom stereocenters. The van der Waals surface area contributed by atoms with Crippen molar-refractivity contribution in [3.63, 3.8) is 0 Å². The van der Waals surface area contributed by atoms with E-state index in [1.165, 1.54) is 6.20 Å². The van der Waals surface area contributed by atoms with Crippen LogP contribution < -0.4 is 0 Å². The number of nitrogens with zero attached hydrogens (tertiary/aromatic N) is 3. The van der Waals surface area contributed by atoms with Crippen molar-refractivity contribution in [3.05, 3.63) is 35.4 Å². The Labute approximate surface area is 117 Å². The van der Waals surface area contributed by atoms with E-state index in [4.69, 9.17) is 9.84 Å². The number of methoxy groups -OCH3 is 1. The first-order chi connectivity index (χ1) is 9.54. The van der Waals surface area contributed by atoms with Crippen molar-refractivity contribution in [1.82, 2.24) is 14.8 Å². The summed E-state index contributed by atoms with van der Waals surface area (Å²) in [6.07, 6.45) is 3.00. The molecule has 0 aliphatic rings. The lowest BCUT2D eigenvalue weighted by Gasteiger charge is -2.05. The number of ether oxygens (including phenoxy) is 1. The summed E-state index contributed by atoms with van der Waals surface area (Å²) >= 11 is 0. The molecule has 2 aromatic heterocycles. The Hall–Kier alpha value is -2.21. The SMILES string of the molecule is COCCn1nc(C)c(-c2cncc(C(=O)O)c2)c1C. The molecule has 6 heteroatoms. The molecule has 20 heavy (non-hydrogen) atoms. The molecular weight excluding hydrogens is 258 g/mol. The molecule has 2 heterocycles. The topological polar surface area (TPSA) is 77.2 Å². The van der Waals surface area contributed by atoms with Crippen molar-refractivity contribution in [1.29, 1.82) is 0 Å². The Morgan fingerprint density at radius 1 is 1.40 bits per heavy atom. The number of aromatic nitrogens is 3. The number of aryl methyl sites for hydroxylation is 1. The quantitative estimate of drug-likeness (QED) is 0.901. The summed E-state index contributed by atoms with van der Waals surface area (Å²) in [7, 11) is 1.65. The minimum Gasteiger partial charge on any atom is -0.478 e. The van der Waals surface area contributed by atoms with Gasteiger partial charge in [-0.2, -0.15) is 5.10 Å². The fourth-order valence-corrected chi connectivity index (χ4v) is 2.20. The van der Waals surface area contributed by atoms with E-state index in [2.05, 4.69) is 10.1 Å². The van der Waals surface area contributed by atoms with Crippen LogP contribution in [-0.4, -0.2) is 39.6 Å². The molecule has 0 aromatic carbocycles. The molecule has 0 saturated carbocycles. The highest BCUT2D eigenvalue weighted by Gasteiger charge is 2.15. The smallest absolute Gasteiger partial charge is 0.337 e. The molecule has 2 aromatic rings. The van der Waals surface area contributed by atoms with E-state index >= 15 is 0 Å². The summed E-state index contributed by atoms with van der Waals surface area (Å²) in [4.78, 5) is 15.0. The van der Waals surface area contributed by atoms with Crippen LogP contribution in [0.4, 0.5) is 0 Å². The molecule has 0 aliphatic heterocycles. The first kappa shape index (κ1) is 14.2. The van der Waals surface area contributed by atoms with Gasteiger partial charge in [0.2, 0.25) is 0 Å². The average molecular weight is 275 g/mol. The molecule has 1 N–H and O–H groups in total. The second-order valence-electron chi connectivity index (χ2n) is 4.53. The predicted octanol–water partition coefficient (Wildman–Crippen LogP) is 1.91. The number of rotatable bonds is 5. The van der Waals surface area contributed by atoms with Crippen molar-refractivity contribution in [2.24, 2.45) is 0 Å². The highest BCUT2D eigenvalue weighted by molar-refractivity contribution is 5.89. The van der Waals surface area contributed by atoms with Crippen LogP contribution >= 0.6 is 0 Å². The van der Waals surface area contributed by atoms with Crippen LogP contribution in [-0.2, 0) is 11.3 Å². The second-order valence-corrected chi connectivity index (χ2v) is 4.53. The van der Waals surface area contributed by atoms with Gasteiger partial charge in [-0.1, -0.05) is 0 Å². The fourth-order valence-electron chi connectivity index (χ4n) is 2.20. The van der Waals surface area contributed by atoms with Gasteiger partial charge in [0.05, 0.1) is 24.4 Å². The second kappa shape index (κ2) is 5.83. The largest absolute Gasteiger partial charge is 0.478 e. The lowest BCUT2D eigenvalue weighted by atomic mass is 10.0. The van der Waals surface area contributed by atoms with Crippen LogP contribution in [0.5, 0.6) is 0 Å². The first-order valence-electron chi connectivity index (χ1n) is 6.26. The number of hydrogen-bond donors (Lipinski definition) is 1. The Kier molecular flexibility index (Phi) is 4.14. The zero-order chi connectivity index (χ0) is 14.7. The van der Waals surface area contributed by atoms with Gasteiger partial charge in [0.1, 0.15) is 0 Å². The predicted molar refractivity (Wildman–Crippen MR) is 73.8 cm³/mol. The minimum absolute atomic E-state index is 0.172. The first-order valence-corrected chi connectivity index (χ1v) is 6.26. The van der Waals surface area contributed by atoms with Crippen LogP contribution in [0.15, 0.2) is 18.5 Å². The van der Waals surface area contributed by atoms with E-state index in [0.29, 0.717) is 13.2 Å². The minimum atomic E-state index is -0.985. The van der Waals surface area contributed by atoms with Crippen LogP contribution in [0, 0.1) is 13.8 Å². The van der Waals surface area contributed by atoms with Gasteiger partial charge in [0, 0.05) is 36.3 Å². The molecule has 0 fully saturated rings. The van der Waals surface area contributed by atoms with Crippen LogP contribution in [0.1, 0.15) is 21.7 Å². The number of hydrogen-bond acceptors (Lipinski definition) is 4. The lowest BCUT2D eigenvalue weighted by Crippen LogP contribution is -2.07. The van der Waals surface area contributed by atoms with Crippen molar-refractivity contribution in [2.75, 3.05) is 13.7 Å². The maximum atomic E-state index is 11.0. The zero-order valence-electron chi connectivity index (χ0n) is 11.8. The van der Waals surface area contributed by atoms with E-state index in [0.717, 1.165) is 22.5 Å². The summed E-state index contributed by atoms with van der Waals surface area (Å²) in [6.45, 7) is 5.10. The van der Waals surface area contributed by atoms with Crippen molar-refractivity contribution in [3.8, 4) is 11.1 Å². The van der Waals surface area contributed by atoms with Gasteiger partial charge in [-0.3, -0.25) is 9.67 Å². The molecule has 0 atom stereocenters. The average Bonchev–Trinajstić information content (AvgIpc) is 2.71. The summed E-state index contributed by atoms with van der Waals surface area (Å²) < 4.78 is 6.92. The maximum Gasteiger partial charge on any atom is 0.337 e. The highest BCUT2D eigenvalue weighted by atomic mass is 16.5. The Balaban J connectivity index is 2.44. The maximum absolute atomic E-state index is 11.0. The normalized spacial score (nSPS) is 10.8. The van der Waals surface area contributed by atoms with E-state index in [-0.39, 0.29) is 5.56 Å². The van der Waals surface area contributed by atoms with Gasteiger partial charge >= 0.3 is 5.97 Å². The van der Waals surface area contributed by atoms with E-state index in [1.807, 2.05) is 18.5 Å². The number of pyridine rings is 1. The summed E-state index contributed by atoms with van der Waals surface area (Å²) in [6, 6.07) is 1.62. The molecule has 106 valence electrons.